The van der Waals surface area contributed by atoms with Gasteiger partial charge >= 0.3 is 5.97 Å². The van der Waals surface area contributed by atoms with Gasteiger partial charge in [-0.2, -0.15) is 0 Å². The Kier molecular flexibility index (Phi) is 7.89. The lowest BCUT2D eigenvalue weighted by Gasteiger charge is -2.30. The molecule has 0 saturated carbocycles. The second-order valence-corrected chi connectivity index (χ2v) is 9.77. The molecule has 0 aliphatic carbocycles. The van der Waals surface area contributed by atoms with Crippen molar-refractivity contribution in [2.45, 2.75) is 35.1 Å². The summed E-state index contributed by atoms with van der Waals surface area (Å²) >= 11 is 1.03. The van der Waals surface area contributed by atoms with E-state index in [1.165, 1.54) is 24.3 Å². The average molecular weight is 472 g/mol. The number of nitrogens with two attached hydrogens (primary N) is 2. The second-order valence-electron chi connectivity index (χ2n) is 6.47. The van der Waals surface area contributed by atoms with Gasteiger partial charge in [0.05, 0.1) is 18.4 Å². The molecule has 1 heterocycles. The lowest BCUT2D eigenvalue weighted by atomic mass is 10.0. The molecule has 2 unspecified atom stereocenters. The van der Waals surface area contributed by atoms with E-state index in [0.29, 0.717) is 11.4 Å². The number of aryl methyl sites for hydroxylation is 1. The fourth-order valence-corrected chi connectivity index (χ4v) is 5.25. The molecule has 0 radical (unpaired) electrons. The van der Waals surface area contributed by atoms with Gasteiger partial charge < -0.3 is 16.2 Å². The monoisotopic (exact) mass is 471 g/mol. The molecule has 0 spiro atoms. The Morgan fingerprint density at radius 2 is 1.87 bits per heavy atom. The number of nitro groups is 1. The number of methoxy groups -OCH3 is 1. The first-order chi connectivity index (χ1) is 14.5. The Balaban J connectivity index is 2.25. The third kappa shape index (κ3) is 5.28. The molecule has 4 N–H and O–H groups in total. The van der Waals surface area contributed by atoms with Crippen LogP contribution in [0.15, 0.2) is 35.2 Å². The zero-order chi connectivity index (χ0) is 23.2. The van der Waals surface area contributed by atoms with Crippen molar-refractivity contribution in [3.8, 4) is 0 Å². The summed E-state index contributed by atoms with van der Waals surface area (Å²) in [4.78, 5) is 31.9. The van der Waals surface area contributed by atoms with Crippen molar-refractivity contribution in [1.82, 2.24) is 10.2 Å². The minimum Gasteiger partial charge on any atom is -0.467 e. The van der Waals surface area contributed by atoms with Crippen LogP contribution in [0.3, 0.4) is 0 Å². The Hall–Kier alpha value is -2.81. The van der Waals surface area contributed by atoms with Crippen molar-refractivity contribution in [2.75, 3.05) is 13.7 Å². The third-order valence-corrected chi connectivity index (χ3v) is 7.56. The van der Waals surface area contributed by atoms with Crippen molar-refractivity contribution in [2.24, 2.45) is 11.5 Å². The lowest BCUT2D eigenvalue weighted by Crippen LogP contribution is -2.68. The number of esters is 1. The maximum absolute atomic E-state index is 13.1. The molecule has 0 amide bonds. The number of hydrogen-bond acceptors (Lipinski definition) is 12. The molecule has 12 nitrogen and oxygen atoms in total. The van der Waals surface area contributed by atoms with Gasteiger partial charge in [0.15, 0.2) is 5.78 Å². The van der Waals surface area contributed by atoms with Crippen molar-refractivity contribution >= 4 is 32.9 Å². The normalized spacial score (nSPS) is 14.4. The maximum atomic E-state index is 13.1. The van der Waals surface area contributed by atoms with E-state index in [-0.39, 0.29) is 22.9 Å². The van der Waals surface area contributed by atoms with Gasteiger partial charge in [0.2, 0.25) is 21.3 Å². The van der Waals surface area contributed by atoms with Gasteiger partial charge in [-0.3, -0.25) is 14.9 Å². The molecule has 0 fully saturated rings. The predicted molar refractivity (Wildman–Crippen MR) is 109 cm³/mol. The number of carbonyl (C=O) groups excluding carboxylic acids is 2. The van der Waals surface area contributed by atoms with E-state index in [1.807, 2.05) is 0 Å². The Bertz CT molecular complexity index is 1060. The van der Waals surface area contributed by atoms with Gasteiger partial charge in [0.1, 0.15) is 16.1 Å². The highest BCUT2D eigenvalue weighted by Gasteiger charge is 2.56. The molecule has 2 aromatic rings. The van der Waals surface area contributed by atoms with Gasteiger partial charge in [-0.1, -0.05) is 18.2 Å². The number of nitrogens with zero attached hydrogens (tertiary/aromatic N) is 3. The number of benzene rings is 1. The van der Waals surface area contributed by atoms with Crippen LogP contribution in [0.4, 0.5) is 0 Å². The predicted octanol–water partition coefficient (Wildman–Crippen LogP) is -0.512. The van der Waals surface area contributed by atoms with Gasteiger partial charge in [0.25, 0.3) is 0 Å². The number of sulfone groups is 1. The minimum absolute atomic E-state index is 0.209. The summed E-state index contributed by atoms with van der Waals surface area (Å²) in [6.07, 6.45) is 0.122. The molecule has 0 saturated heterocycles. The first-order valence-corrected chi connectivity index (χ1v) is 11.2. The summed E-state index contributed by atoms with van der Waals surface area (Å²) in [7, 11) is -3.67. The van der Waals surface area contributed by atoms with Crippen molar-refractivity contribution in [3.05, 3.63) is 50.5 Å². The van der Waals surface area contributed by atoms with Gasteiger partial charge in [-0.05, 0) is 12.1 Å². The fourth-order valence-electron chi connectivity index (χ4n) is 2.68. The summed E-state index contributed by atoms with van der Waals surface area (Å²) in [6, 6.07) is 4.92. The standard InChI is InChI=1S/C17H21N5O7S2/c1-29-16(24)17(19,31(27,28)11-6-3-2-4-7-11)15(18)12(23)10-14-21-20-13(30-14)8-5-9-22(25)26/h2-4,6-7,15H,5,8-10,18-19H2,1H3. The van der Waals surface area contributed by atoms with Crippen molar-refractivity contribution < 1.29 is 27.7 Å². The fraction of sp³-hybridized carbons (Fsp3) is 0.412. The number of hydrogen-bond donors (Lipinski definition) is 2. The zero-order valence-electron chi connectivity index (χ0n) is 16.5. The Morgan fingerprint density at radius 1 is 1.26 bits per heavy atom. The highest BCUT2D eigenvalue weighted by atomic mass is 32.2. The number of Topliss-reactive ketones (excluding diaryl/α,β-unsaturated/α-hetero) is 1. The first-order valence-electron chi connectivity index (χ1n) is 8.92. The highest BCUT2D eigenvalue weighted by molar-refractivity contribution is 7.93. The second kappa shape index (κ2) is 10.00. The summed E-state index contributed by atoms with van der Waals surface area (Å²) in [5, 5.41) is 18.7. The van der Waals surface area contributed by atoms with Crippen LogP contribution in [-0.2, 0) is 37.0 Å². The molecule has 1 aromatic carbocycles. The van der Waals surface area contributed by atoms with Crippen LogP contribution < -0.4 is 11.5 Å². The first kappa shape index (κ1) is 24.5. The topological polar surface area (TPSA) is 198 Å². The molecular weight excluding hydrogens is 450 g/mol. The number of carbonyl (C=O) groups is 2. The van der Waals surface area contributed by atoms with Crippen molar-refractivity contribution in [3.63, 3.8) is 0 Å². The largest absolute Gasteiger partial charge is 0.467 e. The number of aromatic nitrogens is 2. The smallest absolute Gasteiger partial charge is 0.344 e. The molecule has 168 valence electrons. The third-order valence-electron chi connectivity index (χ3n) is 4.38. The van der Waals surface area contributed by atoms with Gasteiger partial charge in [-0.15, -0.1) is 21.5 Å². The van der Waals surface area contributed by atoms with E-state index in [0.717, 1.165) is 18.4 Å². The van der Waals surface area contributed by atoms with E-state index in [1.54, 1.807) is 6.07 Å². The van der Waals surface area contributed by atoms with E-state index < -0.39 is 43.8 Å². The highest BCUT2D eigenvalue weighted by Crippen LogP contribution is 2.27. The molecule has 0 aliphatic heterocycles. The van der Waals surface area contributed by atoms with Crippen molar-refractivity contribution in [1.29, 1.82) is 0 Å². The SMILES string of the molecule is COC(=O)C(N)(C(N)C(=O)Cc1nnc(CCC[N+](=O)[O-])s1)S(=O)(=O)c1ccccc1. The molecule has 1 aromatic heterocycles. The summed E-state index contributed by atoms with van der Waals surface area (Å²) < 4.78 is 30.7. The molecular formula is C17H21N5O7S2. The number of ketones is 1. The van der Waals surface area contributed by atoms with E-state index in [9.17, 15) is 28.1 Å². The van der Waals surface area contributed by atoms with Crippen LogP contribution in [0.25, 0.3) is 0 Å². The molecule has 14 heteroatoms. The molecule has 0 aliphatic rings. The van der Waals surface area contributed by atoms with Gasteiger partial charge in [0, 0.05) is 17.8 Å². The molecule has 31 heavy (non-hydrogen) atoms. The van der Waals surface area contributed by atoms with Crippen LogP contribution in [0.5, 0.6) is 0 Å². The maximum Gasteiger partial charge on any atom is 0.344 e. The lowest BCUT2D eigenvalue weighted by molar-refractivity contribution is -0.480. The number of ether oxygens (including phenoxy) is 1. The summed E-state index contributed by atoms with van der Waals surface area (Å²) in [5.74, 6) is -2.24. The van der Waals surface area contributed by atoms with Crippen LogP contribution in [-0.4, -0.2) is 59.9 Å². The van der Waals surface area contributed by atoms with Crippen LogP contribution in [0.2, 0.25) is 0 Å². The Labute approximate surface area is 181 Å². The molecule has 0 bridgehead atoms. The average Bonchev–Trinajstić information content (AvgIpc) is 3.19. The van der Waals surface area contributed by atoms with E-state index >= 15 is 0 Å². The van der Waals surface area contributed by atoms with Crippen LogP contribution >= 0.6 is 11.3 Å². The molecule has 2 rings (SSSR count). The molecule has 2 atom stereocenters. The quantitative estimate of drug-likeness (QED) is 0.243. The van der Waals surface area contributed by atoms with E-state index in [2.05, 4.69) is 14.9 Å². The summed E-state index contributed by atoms with van der Waals surface area (Å²) in [6.45, 7) is -0.231. The summed E-state index contributed by atoms with van der Waals surface area (Å²) in [5.41, 5.74) is 11.8. The Morgan fingerprint density at radius 3 is 2.45 bits per heavy atom. The van der Waals surface area contributed by atoms with Gasteiger partial charge in [-0.25, -0.2) is 13.2 Å². The van der Waals surface area contributed by atoms with Crippen LogP contribution in [0.1, 0.15) is 16.4 Å². The number of rotatable bonds is 11. The van der Waals surface area contributed by atoms with Crippen LogP contribution in [0, 0.1) is 10.1 Å². The zero-order valence-corrected chi connectivity index (χ0v) is 18.1. The minimum atomic E-state index is -4.60. The van der Waals surface area contributed by atoms with E-state index in [4.69, 9.17) is 11.5 Å².